The third-order valence-electron chi connectivity index (χ3n) is 14.0. The SMILES string of the molecule is CC(C)Cc1ccc2c(-c3[n-]nc(C(F)(F)F)c3-c3ccccc3)ncnc2c1.CC(C)Cc1ccc2c(-c3[n-]nc(C(F)(F)F)c3-c3ccccc3)ncnc2c1.[Os+2].c1ccc([PH+]2CCCC2)cc1.c1ccc([PH+]2CCCC2)cc1. The van der Waals surface area contributed by atoms with E-state index in [9.17, 15) is 26.3 Å². The molecule has 0 atom stereocenters. The Balaban J connectivity index is 0.000000154. The van der Waals surface area contributed by atoms with Crippen LogP contribution < -0.4 is 20.8 Å². The van der Waals surface area contributed by atoms with Gasteiger partial charge in [-0.3, -0.25) is 0 Å². The summed E-state index contributed by atoms with van der Waals surface area (Å²) in [5.74, 6) is 0.961. The minimum atomic E-state index is -4.62. The number of alkyl halides is 6. The number of fused-ring (bicyclic) bond motifs is 2. The molecule has 0 saturated carbocycles. The minimum Gasteiger partial charge on any atom is -0.573 e. The Morgan fingerprint density at radius 3 is 1.10 bits per heavy atom. The van der Waals surface area contributed by atoms with Crippen molar-refractivity contribution in [3.05, 3.63) is 193 Å². The maximum Gasteiger partial charge on any atom is 2.00 e. The second kappa shape index (κ2) is 28.0. The van der Waals surface area contributed by atoms with Gasteiger partial charge in [-0.2, -0.15) is 26.3 Å². The van der Waals surface area contributed by atoms with E-state index in [-0.39, 0.29) is 58.1 Å². The number of benzene rings is 6. The normalized spacial score (nSPS) is 13.8. The zero-order valence-electron chi connectivity index (χ0n) is 45.6. The summed E-state index contributed by atoms with van der Waals surface area (Å²) in [6.07, 6.45) is 7.18. The molecule has 2 aliphatic rings. The van der Waals surface area contributed by atoms with Crippen molar-refractivity contribution >= 4 is 48.3 Å². The molecule has 0 N–H and O–H groups in total. The number of halogens is 6. The van der Waals surface area contributed by atoms with Gasteiger partial charge in [-0.25, -0.2) is 19.9 Å². The maximum absolute atomic E-state index is 13.6. The fourth-order valence-corrected chi connectivity index (χ4v) is 16.1. The van der Waals surface area contributed by atoms with Gasteiger partial charge in [-0.1, -0.05) is 160 Å². The van der Waals surface area contributed by atoms with E-state index in [1.807, 2.05) is 36.4 Å². The fraction of sp³-hybridized carbons (Fsp3) is 0.281. The van der Waals surface area contributed by atoms with Gasteiger partial charge in [-0.05, 0) is 120 Å². The van der Waals surface area contributed by atoms with Crippen LogP contribution in [0.5, 0.6) is 0 Å². The van der Waals surface area contributed by atoms with Gasteiger partial charge in [0.2, 0.25) is 0 Å². The van der Waals surface area contributed by atoms with E-state index in [1.165, 1.54) is 63.0 Å². The van der Waals surface area contributed by atoms with E-state index in [1.54, 1.807) is 71.3 Å². The molecule has 6 heterocycles. The van der Waals surface area contributed by atoms with Crippen LogP contribution in [0.1, 0.15) is 75.9 Å². The predicted octanol–water partition coefficient (Wildman–Crippen LogP) is 15.7. The van der Waals surface area contributed by atoms with Crippen LogP contribution in [0.3, 0.4) is 0 Å². The fourth-order valence-electron chi connectivity index (χ4n) is 10.4. The maximum atomic E-state index is 13.6. The third-order valence-corrected chi connectivity index (χ3v) is 20.2. The van der Waals surface area contributed by atoms with Crippen LogP contribution in [-0.4, -0.2) is 54.8 Å². The molecule has 2 aliphatic heterocycles. The van der Waals surface area contributed by atoms with Crippen molar-refractivity contribution in [1.82, 2.24) is 40.3 Å². The van der Waals surface area contributed by atoms with Gasteiger partial charge in [0.05, 0.1) is 57.7 Å². The van der Waals surface area contributed by atoms with E-state index in [0.29, 0.717) is 56.2 Å². The Labute approximate surface area is 485 Å². The van der Waals surface area contributed by atoms with Crippen molar-refractivity contribution in [2.75, 3.05) is 24.6 Å². The van der Waals surface area contributed by atoms with Crippen molar-refractivity contribution < 1.29 is 46.1 Å². The zero-order chi connectivity index (χ0) is 56.2. The van der Waals surface area contributed by atoms with Gasteiger partial charge < -0.3 is 20.4 Å². The average molecular weight is 1310 g/mol. The monoisotopic (exact) mass is 1310 g/mol. The van der Waals surface area contributed by atoms with E-state index >= 15 is 0 Å². The summed E-state index contributed by atoms with van der Waals surface area (Å²) in [6.45, 7) is 8.50. The van der Waals surface area contributed by atoms with Crippen molar-refractivity contribution in [2.45, 2.75) is 78.6 Å². The standard InChI is InChI=1S/2C22H18F3N4.2C10H13P.Os/c2*1-13(2)10-14-8-9-16-17(11-14)26-12-27-19(16)20-18(15-6-4-3-5-7-15)21(29-28-20)22(23,24)25;2*1-2-6-10(7-3-1)11-8-4-5-9-11;/h2*3-9,11-13H,10H2,1-2H3;2*1-3,6-7H,4-5,8-9H2;/q2*-1;;;+2/p+2. The van der Waals surface area contributed by atoms with Gasteiger partial charge >= 0.3 is 32.1 Å². The molecule has 12 rings (SSSR count). The molecule has 4 aromatic heterocycles. The summed E-state index contributed by atoms with van der Waals surface area (Å²) < 4.78 is 81.7. The molecule has 2 fully saturated rings. The Morgan fingerprint density at radius 2 is 0.778 bits per heavy atom. The number of nitrogens with zero attached hydrogens (tertiary/aromatic N) is 8. The van der Waals surface area contributed by atoms with Gasteiger partial charge in [0.25, 0.3) is 0 Å². The first-order valence-electron chi connectivity index (χ1n) is 27.2. The predicted molar refractivity (Wildman–Crippen MR) is 317 cm³/mol. The van der Waals surface area contributed by atoms with Crippen molar-refractivity contribution in [3.63, 3.8) is 0 Å². The number of aromatic nitrogens is 8. The molecule has 81 heavy (non-hydrogen) atoms. The number of rotatable bonds is 10. The van der Waals surface area contributed by atoms with Gasteiger partial charge in [0.15, 0.2) is 0 Å². The Hall–Kier alpha value is -6.50. The molecule has 17 heteroatoms. The molecule has 418 valence electrons. The quantitative estimate of drug-likeness (QED) is 0.0985. The molecule has 0 aliphatic carbocycles. The van der Waals surface area contributed by atoms with E-state index in [2.05, 4.69) is 129 Å². The largest absolute Gasteiger partial charge is 2.00 e. The summed E-state index contributed by atoms with van der Waals surface area (Å²) in [7, 11) is -0.180. The molecule has 10 aromatic rings. The first kappa shape index (κ1) is 60.6. The number of hydrogen-bond donors (Lipinski definition) is 0. The third kappa shape index (κ3) is 15.5. The molecule has 6 aromatic carbocycles. The van der Waals surface area contributed by atoms with Crippen LogP contribution in [0.2, 0.25) is 0 Å². The first-order valence-corrected chi connectivity index (χ1v) is 31.0. The van der Waals surface area contributed by atoms with Crippen LogP contribution in [0.15, 0.2) is 170 Å². The Bertz CT molecular complexity index is 3330. The van der Waals surface area contributed by atoms with Gasteiger partial charge in [0, 0.05) is 26.6 Å². The molecular weight excluding hydrogens is 1250 g/mol. The van der Waals surface area contributed by atoms with Gasteiger partial charge in [0.1, 0.15) is 24.0 Å². The summed E-state index contributed by atoms with van der Waals surface area (Å²) in [5, 5.41) is 19.3. The average Bonchev–Trinajstić information content (AvgIpc) is 4.33. The van der Waals surface area contributed by atoms with Crippen LogP contribution in [-0.2, 0) is 45.0 Å². The molecule has 8 nitrogen and oxygen atoms in total. The summed E-state index contributed by atoms with van der Waals surface area (Å²) in [4.78, 5) is 17.2. The van der Waals surface area contributed by atoms with Crippen molar-refractivity contribution in [3.8, 4) is 45.0 Å². The summed E-state index contributed by atoms with van der Waals surface area (Å²) in [6, 6.07) is 50.3. The molecule has 0 bridgehead atoms. The van der Waals surface area contributed by atoms with Crippen LogP contribution in [0.25, 0.3) is 66.8 Å². The van der Waals surface area contributed by atoms with Gasteiger partial charge in [-0.15, -0.1) is 0 Å². The van der Waals surface area contributed by atoms with Crippen molar-refractivity contribution in [2.24, 2.45) is 11.8 Å². The topological polar surface area (TPSA) is 106 Å². The smallest absolute Gasteiger partial charge is 0.573 e. The van der Waals surface area contributed by atoms with E-state index < -0.39 is 23.7 Å². The molecular formula is C64H64F6N8OsP2+2. The molecule has 0 amide bonds. The Kier molecular flexibility index (Phi) is 20.9. The molecule has 2 saturated heterocycles. The second-order valence-electron chi connectivity index (χ2n) is 21.0. The minimum absolute atomic E-state index is 0. The van der Waals surface area contributed by atoms with Crippen molar-refractivity contribution in [1.29, 1.82) is 0 Å². The molecule has 0 spiro atoms. The first-order chi connectivity index (χ1) is 38.6. The van der Waals surface area contributed by atoms with E-state index in [4.69, 9.17) is 0 Å². The van der Waals surface area contributed by atoms with E-state index in [0.717, 1.165) is 24.0 Å². The molecule has 0 unspecified atom stereocenters. The Morgan fingerprint density at radius 1 is 0.444 bits per heavy atom. The molecule has 0 radical (unpaired) electrons. The van der Waals surface area contributed by atoms with Crippen LogP contribution in [0.4, 0.5) is 26.3 Å². The zero-order valence-corrected chi connectivity index (χ0v) is 50.1. The van der Waals surface area contributed by atoms with Crippen LogP contribution >= 0.6 is 15.8 Å². The number of hydrogen-bond acceptors (Lipinski definition) is 6. The second-order valence-corrected chi connectivity index (χ2v) is 26.5. The summed E-state index contributed by atoms with van der Waals surface area (Å²) >= 11 is 0. The van der Waals surface area contributed by atoms with Crippen LogP contribution in [0, 0.1) is 11.8 Å². The summed E-state index contributed by atoms with van der Waals surface area (Å²) in [5.41, 5.74) is 3.09.